The Morgan fingerprint density at radius 2 is 1.00 bits per heavy atom. The van der Waals surface area contributed by atoms with Crippen LogP contribution in [0.3, 0.4) is 0 Å². The molecule has 0 aromatic rings. The molecule has 0 aromatic carbocycles. The second kappa shape index (κ2) is 39.5. The van der Waals surface area contributed by atoms with Gasteiger partial charge in [-0.25, -0.2) is 0 Å². The number of hydrogen-bond donors (Lipinski definition) is 0. The molecular formula is CrCuMnMoNiW. The van der Waals surface area contributed by atoms with E-state index in [1.165, 1.54) is 0 Å². The maximum atomic E-state index is 0. The van der Waals surface area contributed by atoms with Crippen molar-refractivity contribution in [2.24, 2.45) is 0 Å². The van der Waals surface area contributed by atoms with Gasteiger partial charge in [0.25, 0.3) is 0 Å². The van der Waals surface area contributed by atoms with Crippen LogP contribution >= 0.6 is 0 Å². The van der Waals surface area contributed by atoms with Gasteiger partial charge in [0.2, 0.25) is 0 Å². The van der Waals surface area contributed by atoms with E-state index in [1.54, 1.807) is 0 Å². The van der Waals surface area contributed by atoms with Crippen molar-refractivity contribution in [2.75, 3.05) is 0 Å². The van der Waals surface area contributed by atoms with Crippen LogP contribution in [0.5, 0.6) is 0 Å². The molecule has 0 aromatic heterocycles. The smallest absolute Gasteiger partial charge is 0 e. The van der Waals surface area contributed by atoms with E-state index in [2.05, 4.69) is 0 Å². The first-order chi connectivity index (χ1) is 0. The standard InChI is InChI=1S/Cr.Cu.Mn.Mo.Ni.W. The summed E-state index contributed by atoms with van der Waals surface area (Å²) < 4.78 is 0. The molecule has 0 rings (SSSR count). The van der Waals surface area contributed by atoms with Crippen LogP contribution in [-0.2, 0) is 110 Å². The largest absolute Gasteiger partial charge is 0 e. The molecule has 2 radical (unpaired) electrons. The average molecular weight is 509 g/mol. The Bertz CT molecular complexity index is 15.5. The third-order valence-corrected chi connectivity index (χ3v) is 0. The minimum absolute atomic E-state index is 0. The Balaban J connectivity index is 0. The zero-order valence-corrected chi connectivity index (χ0v) is 11.5. The fraction of sp³-hybridized carbons (Fsp3) is 0. The molecule has 0 atom stereocenters. The Kier molecular flexibility index (Phi) is 374. The van der Waals surface area contributed by atoms with Crippen molar-refractivity contribution in [1.29, 1.82) is 0 Å². The van der Waals surface area contributed by atoms with Crippen LogP contribution in [0.25, 0.3) is 0 Å². The molecule has 0 fully saturated rings. The summed E-state index contributed by atoms with van der Waals surface area (Å²) in [5, 5.41) is 0. The van der Waals surface area contributed by atoms with Gasteiger partial charge in [-0.15, -0.1) is 0 Å². The zero-order chi connectivity index (χ0) is 0. The monoisotopic (exact) mass is 510 g/mol. The molecule has 0 spiro atoms. The maximum Gasteiger partial charge on any atom is 0 e. The van der Waals surface area contributed by atoms with Crippen molar-refractivity contribution in [3.63, 3.8) is 0 Å². The molecule has 0 heterocycles. The summed E-state index contributed by atoms with van der Waals surface area (Å²) in [5.41, 5.74) is 0. The van der Waals surface area contributed by atoms with Crippen molar-refractivity contribution in [3.8, 4) is 0 Å². The van der Waals surface area contributed by atoms with Gasteiger partial charge in [0.15, 0.2) is 0 Å². The third kappa shape index (κ3) is 26.1. The molecule has 0 aliphatic rings. The van der Waals surface area contributed by atoms with Gasteiger partial charge in [0.05, 0.1) is 0 Å². The SMILES string of the molecule is [Cr].[Cu].[Mn].[Mo].[Ni].[W]. The van der Waals surface area contributed by atoms with Crippen LogP contribution in [0.1, 0.15) is 0 Å². The molecule has 0 nitrogen and oxygen atoms in total. The molecule has 0 saturated heterocycles. The Morgan fingerprint density at radius 1 is 1.00 bits per heavy atom. The van der Waals surface area contributed by atoms with Gasteiger partial charge in [-0.2, -0.15) is 0 Å². The minimum Gasteiger partial charge on any atom is 0 e. The fourth-order valence-electron chi connectivity index (χ4n) is 0. The van der Waals surface area contributed by atoms with Crippen molar-refractivity contribution >= 4 is 0 Å². The van der Waals surface area contributed by atoms with E-state index >= 15 is 0 Å². The van der Waals surface area contributed by atoms with Crippen LogP contribution in [0, 0.1) is 0 Å². The molecule has 6 heavy (non-hydrogen) atoms. The predicted octanol–water partition coefficient (Wildman–Crippen LogP) is -0.0150. The molecule has 0 aliphatic heterocycles. The van der Waals surface area contributed by atoms with E-state index in [9.17, 15) is 0 Å². The Hall–Kier alpha value is 3.44. The molecule has 0 saturated carbocycles. The van der Waals surface area contributed by atoms with E-state index in [0.29, 0.717) is 0 Å². The van der Waals surface area contributed by atoms with Crippen LogP contribution in [0.4, 0.5) is 0 Å². The van der Waals surface area contributed by atoms with Gasteiger partial charge in [-0.1, -0.05) is 0 Å². The molecule has 6 heteroatoms. The first kappa shape index (κ1) is 56.8. The minimum atomic E-state index is 0. The molecule has 0 amide bonds. The maximum absolute atomic E-state index is 0. The van der Waals surface area contributed by atoms with Crippen LogP contribution in [-0.4, -0.2) is 0 Å². The summed E-state index contributed by atoms with van der Waals surface area (Å²) in [6.07, 6.45) is 0. The molecule has 46 valence electrons. The first-order valence-electron chi connectivity index (χ1n) is 0. The second-order valence-electron chi connectivity index (χ2n) is 0. The van der Waals surface area contributed by atoms with Gasteiger partial charge in [0, 0.05) is 110 Å². The fourth-order valence-corrected chi connectivity index (χ4v) is 0. The molecule has 0 aliphatic carbocycles. The van der Waals surface area contributed by atoms with Crippen molar-refractivity contribution < 1.29 is 110 Å². The van der Waals surface area contributed by atoms with Gasteiger partial charge in [0.1, 0.15) is 0 Å². The summed E-state index contributed by atoms with van der Waals surface area (Å²) >= 11 is 0. The second-order valence-corrected chi connectivity index (χ2v) is 0. The van der Waals surface area contributed by atoms with E-state index in [-0.39, 0.29) is 110 Å². The van der Waals surface area contributed by atoms with Crippen LogP contribution in [0.15, 0.2) is 0 Å². The molecule has 0 unspecified atom stereocenters. The number of hydrogen-bond acceptors (Lipinski definition) is 0. The van der Waals surface area contributed by atoms with E-state index in [1.807, 2.05) is 0 Å². The first-order valence-corrected chi connectivity index (χ1v) is 0. The Labute approximate surface area is 108 Å². The predicted molar refractivity (Wildman–Crippen MR) is 0 cm³/mol. The van der Waals surface area contributed by atoms with Gasteiger partial charge in [-0.05, 0) is 0 Å². The quantitative estimate of drug-likeness (QED) is 0.404. The summed E-state index contributed by atoms with van der Waals surface area (Å²) in [4.78, 5) is 0. The normalized spacial score (nSPS) is 0. The van der Waals surface area contributed by atoms with E-state index < -0.39 is 0 Å². The van der Waals surface area contributed by atoms with Crippen molar-refractivity contribution in [2.45, 2.75) is 0 Å². The summed E-state index contributed by atoms with van der Waals surface area (Å²) in [6, 6.07) is 0. The van der Waals surface area contributed by atoms with E-state index in [0.717, 1.165) is 0 Å². The summed E-state index contributed by atoms with van der Waals surface area (Å²) in [6.45, 7) is 0. The molecule has 0 N–H and O–H groups in total. The average Bonchev–Trinajstić information content (AvgIpc) is 0. The Morgan fingerprint density at radius 3 is 1.00 bits per heavy atom. The number of rotatable bonds is 0. The van der Waals surface area contributed by atoms with Crippen molar-refractivity contribution in [1.82, 2.24) is 0 Å². The third-order valence-electron chi connectivity index (χ3n) is 0. The topological polar surface area (TPSA) is 0 Å². The van der Waals surface area contributed by atoms with Crippen LogP contribution < -0.4 is 0 Å². The molecule has 0 bridgehead atoms. The summed E-state index contributed by atoms with van der Waals surface area (Å²) in [5.74, 6) is 0. The summed E-state index contributed by atoms with van der Waals surface area (Å²) in [7, 11) is 0. The van der Waals surface area contributed by atoms with Gasteiger partial charge in [-0.3, -0.25) is 0 Å². The van der Waals surface area contributed by atoms with Crippen molar-refractivity contribution in [3.05, 3.63) is 0 Å². The van der Waals surface area contributed by atoms with Crippen LogP contribution in [0.2, 0.25) is 0 Å². The van der Waals surface area contributed by atoms with Gasteiger partial charge < -0.3 is 0 Å². The zero-order valence-electron chi connectivity index (χ0n) is 2.22. The van der Waals surface area contributed by atoms with Gasteiger partial charge >= 0.3 is 0 Å². The molecular weight excluding hydrogens is 509 g/mol. The van der Waals surface area contributed by atoms with E-state index in [4.69, 9.17) is 0 Å².